The maximum atomic E-state index is 12.2. The van der Waals surface area contributed by atoms with Crippen LogP contribution in [-0.2, 0) is 10.2 Å². The Labute approximate surface area is 209 Å². The summed E-state index contributed by atoms with van der Waals surface area (Å²) in [7, 11) is 0. The number of hydrogen-bond donors (Lipinski definition) is 0. The molecule has 0 fully saturated rings. The molecule has 0 atom stereocenters. The van der Waals surface area contributed by atoms with E-state index in [-0.39, 0.29) is 5.97 Å². The molecule has 0 aliphatic rings. The molecule has 0 aliphatic carbocycles. The average Bonchev–Trinajstić information content (AvgIpc) is 2.90. The predicted molar refractivity (Wildman–Crippen MR) is 141 cm³/mol. The summed E-state index contributed by atoms with van der Waals surface area (Å²) >= 11 is 3.07. The van der Waals surface area contributed by atoms with E-state index in [4.69, 9.17) is 4.74 Å². The van der Waals surface area contributed by atoms with Gasteiger partial charge >= 0.3 is 5.97 Å². The van der Waals surface area contributed by atoms with Crippen LogP contribution in [0.4, 0.5) is 0 Å². The van der Waals surface area contributed by atoms with E-state index >= 15 is 0 Å². The van der Waals surface area contributed by atoms with E-state index in [2.05, 4.69) is 112 Å². The van der Waals surface area contributed by atoms with Crippen LogP contribution in [0.25, 0.3) is 0 Å². The first kappa shape index (κ1) is 23.5. The van der Waals surface area contributed by atoms with Crippen LogP contribution < -0.4 is 4.74 Å². The monoisotopic (exact) mass is 508 g/mol. The molecule has 0 bridgehead atoms. The Balaban J connectivity index is 1.76. The minimum atomic E-state index is -0.513. The van der Waals surface area contributed by atoms with E-state index in [0.717, 1.165) is 5.56 Å². The number of benzene rings is 4. The summed E-state index contributed by atoms with van der Waals surface area (Å²) in [6.07, 6.45) is 1.67. The molecule has 0 saturated carbocycles. The van der Waals surface area contributed by atoms with Gasteiger partial charge in [-0.3, -0.25) is 4.79 Å². The molecule has 4 aromatic rings. The second kappa shape index (κ2) is 11.5. The number of ether oxygens (including phenoxy) is 1. The Morgan fingerprint density at radius 2 is 1.12 bits per heavy atom. The van der Waals surface area contributed by atoms with E-state index in [9.17, 15) is 4.79 Å². The molecule has 4 rings (SSSR count). The molecule has 0 unspecified atom stereocenters. The number of carbonyl (C=O) groups is 1. The first-order valence-electron chi connectivity index (χ1n) is 11.3. The van der Waals surface area contributed by atoms with E-state index < -0.39 is 5.41 Å². The van der Waals surface area contributed by atoms with E-state index in [1.54, 1.807) is 0 Å². The summed E-state index contributed by atoms with van der Waals surface area (Å²) < 4.78 is 5.58. The number of halogens is 1. The van der Waals surface area contributed by atoms with Gasteiger partial charge in [-0.1, -0.05) is 109 Å². The zero-order valence-corrected chi connectivity index (χ0v) is 20.4. The molecule has 0 radical (unpaired) electrons. The lowest BCUT2D eigenvalue weighted by Crippen LogP contribution is -2.30. The summed E-state index contributed by atoms with van der Waals surface area (Å²) in [5.41, 5.74) is 4.10. The molecular formula is C31H25BrO2. The van der Waals surface area contributed by atoms with Crippen molar-refractivity contribution in [2.45, 2.75) is 24.7 Å². The van der Waals surface area contributed by atoms with Gasteiger partial charge < -0.3 is 4.74 Å². The maximum Gasteiger partial charge on any atom is 0.311 e. The van der Waals surface area contributed by atoms with Gasteiger partial charge in [-0.2, -0.15) is 0 Å². The SMILES string of the molecule is O=C(CCCC#CBr)Oc1ccc(C(c2ccccc2)(c2ccccc2)c2ccccc2)cc1. The molecule has 0 aromatic heterocycles. The van der Waals surface area contributed by atoms with E-state index in [0.29, 0.717) is 25.0 Å². The van der Waals surface area contributed by atoms with Crippen molar-refractivity contribution in [2.24, 2.45) is 0 Å². The van der Waals surface area contributed by atoms with Crippen molar-refractivity contribution in [3.8, 4) is 16.5 Å². The largest absolute Gasteiger partial charge is 0.427 e. The van der Waals surface area contributed by atoms with Crippen molar-refractivity contribution in [1.82, 2.24) is 0 Å². The van der Waals surface area contributed by atoms with Gasteiger partial charge in [0.2, 0.25) is 0 Å². The Kier molecular flexibility index (Phi) is 7.96. The van der Waals surface area contributed by atoms with Crippen LogP contribution in [0.5, 0.6) is 5.75 Å². The number of esters is 1. The summed E-state index contributed by atoms with van der Waals surface area (Å²) in [6.45, 7) is 0. The molecule has 0 N–H and O–H groups in total. The zero-order valence-electron chi connectivity index (χ0n) is 18.8. The van der Waals surface area contributed by atoms with Crippen molar-refractivity contribution in [1.29, 1.82) is 0 Å². The highest BCUT2D eigenvalue weighted by molar-refractivity contribution is 9.12. The molecule has 0 saturated heterocycles. The third kappa shape index (κ3) is 5.14. The summed E-state index contributed by atoms with van der Waals surface area (Å²) in [4.78, 5) is 14.9. The Hall–Kier alpha value is -3.61. The number of rotatable bonds is 8. The second-order valence-corrected chi connectivity index (χ2v) is 8.37. The fourth-order valence-corrected chi connectivity index (χ4v) is 4.59. The van der Waals surface area contributed by atoms with Gasteiger partial charge in [-0.05, 0) is 45.6 Å². The molecule has 0 amide bonds. The summed E-state index contributed by atoms with van der Waals surface area (Å²) in [5.74, 6) is 3.20. The second-order valence-electron chi connectivity index (χ2n) is 7.97. The molecule has 4 aromatic carbocycles. The molecule has 0 heterocycles. The summed E-state index contributed by atoms with van der Waals surface area (Å²) in [6, 6.07) is 39.5. The van der Waals surface area contributed by atoms with Crippen LogP contribution in [0.1, 0.15) is 41.5 Å². The average molecular weight is 509 g/mol. The van der Waals surface area contributed by atoms with Crippen molar-refractivity contribution in [3.05, 3.63) is 138 Å². The molecule has 0 spiro atoms. The molecular weight excluding hydrogens is 484 g/mol. The van der Waals surface area contributed by atoms with Crippen LogP contribution in [0.3, 0.4) is 0 Å². The highest BCUT2D eigenvalue weighted by Gasteiger charge is 2.38. The Bertz CT molecular complexity index is 1160. The fraction of sp³-hybridized carbons (Fsp3) is 0.129. The van der Waals surface area contributed by atoms with Crippen LogP contribution in [0.15, 0.2) is 115 Å². The van der Waals surface area contributed by atoms with Crippen LogP contribution in [0, 0.1) is 10.8 Å². The normalized spacial score (nSPS) is 10.7. The van der Waals surface area contributed by atoms with Crippen molar-refractivity contribution in [3.63, 3.8) is 0 Å². The van der Waals surface area contributed by atoms with Crippen molar-refractivity contribution in [2.75, 3.05) is 0 Å². The highest BCUT2D eigenvalue weighted by Crippen LogP contribution is 2.45. The topological polar surface area (TPSA) is 26.3 Å². The number of unbranched alkanes of at least 4 members (excludes halogenated alkanes) is 1. The minimum Gasteiger partial charge on any atom is -0.427 e. The van der Waals surface area contributed by atoms with Crippen molar-refractivity contribution < 1.29 is 9.53 Å². The third-order valence-electron chi connectivity index (χ3n) is 5.89. The maximum absolute atomic E-state index is 12.2. The number of carbonyl (C=O) groups excluding carboxylic acids is 1. The van der Waals surface area contributed by atoms with Gasteiger partial charge in [0, 0.05) is 28.8 Å². The van der Waals surface area contributed by atoms with Gasteiger partial charge in [-0.25, -0.2) is 0 Å². The van der Waals surface area contributed by atoms with Gasteiger partial charge in [0.25, 0.3) is 0 Å². The highest BCUT2D eigenvalue weighted by atomic mass is 79.9. The first-order valence-corrected chi connectivity index (χ1v) is 12.1. The molecule has 168 valence electrons. The summed E-state index contributed by atoms with van der Waals surface area (Å²) in [5, 5.41) is 0. The van der Waals surface area contributed by atoms with Crippen LogP contribution in [-0.4, -0.2) is 5.97 Å². The molecule has 2 nitrogen and oxygen atoms in total. The minimum absolute atomic E-state index is 0.246. The Morgan fingerprint density at radius 3 is 1.56 bits per heavy atom. The predicted octanol–water partition coefficient (Wildman–Crippen LogP) is 7.50. The van der Waals surface area contributed by atoms with Crippen LogP contribution in [0.2, 0.25) is 0 Å². The van der Waals surface area contributed by atoms with E-state index in [1.165, 1.54) is 16.7 Å². The van der Waals surface area contributed by atoms with Gasteiger partial charge in [0.15, 0.2) is 0 Å². The smallest absolute Gasteiger partial charge is 0.311 e. The standard InChI is InChI=1S/C31H25BrO2/c32-24-12-4-11-19-30(33)34-29-22-20-28(21-23-29)31(25-13-5-1-6-14-25,26-15-7-2-8-16-26)27-17-9-3-10-18-27/h1-3,5-10,13-18,20-23H,4,11,19H2. The lowest BCUT2D eigenvalue weighted by molar-refractivity contribution is -0.134. The lowest BCUT2D eigenvalue weighted by Gasteiger charge is -2.36. The zero-order chi connectivity index (χ0) is 23.6. The van der Waals surface area contributed by atoms with Crippen LogP contribution >= 0.6 is 15.9 Å². The lowest BCUT2D eigenvalue weighted by atomic mass is 9.65. The van der Waals surface area contributed by atoms with Gasteiger partial charge in [0.05, 0.1) is 5.41 Å². The van der Waals surface area contributed by atoms with E-state index in [1.807, 2.05) is 30.3 Å². The van der Waals surface area contributed by atoms with Gasteiger partial charge in [-0.15, -0.1) is 0 Å². The molecule has 0 aliphatic heterocycles. The quantitative estimate of drug-likeness (QED) is 0.0808. The number of hydrogen-bond acceptors (Lipinski definition) is 2. The van der Waals surface area contributed by atoms with Gasteiger partial charge in [0.1, 0.15) is 5.75 Å². The third-order valence-corrected chi connectivity index (χ3v) is 6.17. The molecule has 34 heavy (non-hydrogen) atoms. The Morgan fingerprint density at radius 1 is 0.676 bits per heavy atom. The molecule has 3 heteroatoms. The van der Waals surface area contributed by atoms with Crippen molar-refractivity contribution >= 4 is 21.9 Å². The fourth-order valence-electron chi connectivity index (χ4n) is 4.39. The first-order chi connectivity index (χ1) is 16.7.